The minimum atomic E-state index is 0.0704. The second kappa shape index (κ2) is 7.60. The van der Waals surface area contributed by atoms with Gasteiger partial charge in [0.05, 0.1) is 0 Å². The number of aromatic nitrogens is 1. The van der Waals surface area contributed by atoms with Crippen LogP contribution in [-0.4, -0.2) is 70.6 Å². The number of pyridine rings is 1. The molecule has 138 valence electrons. The van der Waals surface area contributed by atoms with E-state index in [-0.39, 0.29) is 5.56 Å². The highest BCUT2D eigenvalue weighted by atomic mass is 16.1. The zero-order chi connectivity index (χ0) is 17.2. The molecule has 1 saturated carbocycles. The molecule has 1 aromatic rings. The molecular weight excluding hydrogens is 312 g/mol. The second-order valence-corrected chi connectivity index (χ2v) is 8.20. The van der Waals surface area contributed by atoms with Gasteiger partial charge in [0.15, 0.2) is 0 Å². The first-order chi connectivity index (χ1) is 12.2. The Hall–Kier alpha value is -1.17. The predicted molar refractivity (Wildman–Crippen MR) is 101 cm³/mol. The van der Waals surface area contributed by atoms with Gasteiger partial charge in [0, 0.05) is 77.2 Å². The van der Waals surface area contributed by atoms with Gasteiger partial charge in [-0.15, -0.1) is 0 Å². The number of nitrogens with zero attached hydrogens (tertiary/aromatic N) is 4. The van der Waals surface area contributed by atoms with Crippen LogP contribution in [0.2, 0.25) is 0 Å². The van der Waals surface area contributed by atoms with E-state index in [9.17, 15) is 4.79 Å². The Balaban J connectivity index is 1.21. The molecule has 3 fully saturated rings. The summed E-state index contributed by atoms with van der Waals surface area (Å²) < 4.78 is 1.68. The fourth-order valence-electron chi connectivity index (χ4n) is 4.82. The van der Waals surface area contributed by atoms with Crippen LogP contribution in [0.15, 0.2) is 23.1 Å². The van der Waals surface area contributed by atoms with Gasteiger partial charge in [-0.25, -0.2) is 0 Å². The lowest BCUT2D eigenvalue weighted by Gasteiger charge is -2.49. The monoisotopic (exact) mass is 344 g/mol. The highest BCUT2D eigenvalue weighted by molar-refractivity contribution is 5.11. The highest BCUT2D eigenvalue weighted by Gasteiger charge is 2.34. The summed E-state index contributed by atoms with van der Waals surface area (Å²) >= 11 is 0. The summed E-state index contributed by atoms with van der Waals surface area (Å²) in [4.78, 5) is 19.4. The highest BCUT2D eigenvalue weighted by Crippen LogP contribution is 2.25. The van der Waals surface area contributed by atoms with Crippen molar-refractivity contribution >= 4 is 0 Å². The second-order valence-electron chi connectivity index (χ2n) is 8.20. The Morgan fingerprint density at radius 3 is 2.20 bits per heavy atom. The van der Waals surface area contributed by atoms with Gasteiger partial charge >= 0.3 is 0 Å². The van der Waals surface area contributed by atoms with Gasteiger partial charge in [-0.3, -0.25) is 19.5 Å². The zero-order valence-corrected chi connectivity index (χ0v) is 15.6. The zero-order valence-electron chi connectivity index (χ0n) is 15.6. The first kappa shape index (κ1) is 17.3. The maximum atomic E-state index is 11.5. The molecule has 5 heteroatoms. The summed E-state index contributed by atoms with van der Waals surface area (Å²) in [6, 6.07) is 5.26. The number of hydrogen-bond donors (Lipinski definition) is 0. The van der Waals surface area contributed by atoms with Gasteiger partial charge in [0.1, 0.15) is 0 Å². The number of aryl methyl sites for hydroxylation is 1. The van der Waals surface area contributed by atoms with Gasteiger partial charge in [0.2, 0.25) is 5.56 Å². The van der Waals surface area contributed by atoms with Crippen molar-refractivity contribution in [3.05, 3.63) is 34.2 Å². The molecule has 2 aliphatic heterocycles. The molecule has 1 aromatic heterocycles. The van der Waals surface area contributed by atoms with E-state index in [0.29, 0.717) is 0 Å². The van der Waals surface area contributed by atoms with Crippen LogP contribution in [-0.2, 0) is 13.6 Å². The molecule has 0 N–H and O–H groups in total. The third-order valence-corrected chi connectivity index (χ3v) is 6.45. The van der Waals surface area contributed by atoms with Crippen molar-refractivity contribution in [1.29, 1.82) is 0 Å². The average Bonchev–Trinajstić information content (AvgIpc) is 2.62. The molecule has 0 bridgehead atoms. The summed E-state index contributed by atoms with van der Waals surface area (Å²) in [5.41, 5.74) is 1.31. The molecule has 0 unspecified atom stereocenters. The molecule has 0 amide bonds. The summed E-state index contributed by atoms with van der Waals surface area (Å²) in [5.74, 6) is 0. The fourth-order valence-corrected chi connectivity index (χ4v) is 4.82. The third-order valence-electron chi connectivity index (χ3n) is 6.45. The molecule has 0 atom stereocenters. The van der Waals surface area contributed by atoms with Crippen LogP contribution in [0.1, 0.15) is 37.7 Å². The van der Waals surface area contributed by atoms with E-state index in [1.807, 2.05) is 19.3 Å². The van der Waals surface area contributed by atoms with Gasteiger partial charge in [-0.05, 0) is 18.4 Å². The molecule has 2 saturated heterocycles. The maximum absolute atomic E-state index is 11.5. The van der Waals surface area contributed by atoms with E-state index in [4.69, 9.17) is 0 Å². The largest absolute Gasteiger partial charge is 0.318 e. The average molecular weight is 345 g/mol. The minimum Gasteiger partial charge on any atom is -0.318 e. The van der Waals surface area contributed by atoms with Crippen molar-refractivity contribution < 1.29 is 0 Å². The van der Waals surface area contributed by atoms with Crippen LogP contribution in [0.5, 0.6) is 0 Å². The van der Waals surface area contributed by atoms with E-state index < -0.39 is 0 Å². The Labute approximate surface area is 151 Å². The van der Waals surface area contributed by atoms with Crippen LogP contribution < -0.4 is 5.56 Å². The Morgan fingerprint density at radius 1 is 0.920 bits per heavy atom. The van der Waals surface area contributed by atoms with E-state index in [1.165, 1.54) is 76.9 Å². The molecule has 0 radical (unpaired) electrons. The molecular formula is C20H32N4O. The van der Waals surface area contributed by atoms with E-state index in [1.54, 1.807) is 10.6 Å². The fraction of sp³-hybridized carbons (Fsp3) is 0.750. The molecule has 4 rings (SSSR count). The molecule has 5 nitrogen and oxygen atoms in total. The summed E-state index contributed by atoms with van der Waals surface area (Å²) in [6.07, 6.45) is 9.15. The quantitative estimate of drug-likeness (QED) is 0.829. The summed E-state index contributed by atoms with van der Waals surface area (Å²) in [6.45, 7) is 8.33. The number of likely N-dealkylation sites (tertiary alicyclic amines) is 1. The molecule has 0 spiro atoms. The SMILES string of the molecule is Cn1cc(CN2CC(N3CCN(C4CCCCC4)CC3)C2)ccc1=O. The van der Waals surface area contributed by atoms with E-state index in [2.05, 4.69) is 14.7 Å². The van der Waals surface area contributed by atoms with Gasteiger partial charge < -0.3 is 4.57 Å². The van der Waals surface area contributed by atoms with Gasteiger partial charge in [-0.2, -0.15) is 0 Å². The Morgan fingerprint density at radius 2 is 1.56 bits per heavy atom. The minimum absolute atomic E-state index is 0.0704. The van der Waals surface area contributed by atoms with Crippen LogP contribution in [0, 0.1) is 0 Å². The van der Waals surface area contributed by atoms with Crippen molar-refractivity contribution in [2.24, 2.45) is 7.05 Å². The standard InChI is InChI=1S/C20H32N4O/c1-21-13-17(7-8-20(21)25)14-22-15-19(16-22)24-11-9-23(10-12-24)18-5-3-2-4-6-18/h7-8,13,18-19H,2-6,9-12,14-16H2,1H3. The number of piperazine rings is 1. The van der Waals surface area contributed by atoms with Crippen LogP contribution in [0.3, 0.4) is 0 Å². The van der Waals surface area contributed by atoms with Crippen LogP contribution in [0.25, 0.3) is 0 Å². The Bertz CT molecular complexity index is 623. The Kier molecular flexibility index (Phi) is 5.25. The normalized spacial score (nSPS) is 25.2. The summed E-state index contributed by atoms with van der Waals surface area (Å²) in [7, 11) is 1.83. The molecule has 3 aliphatic rings. The van der Waals surface area contributed by atoms with Gasteiger partial charge in [0.25, 0.3) is 0 Å². The topological polar surface area (TPSA) is 31.7 Å². The molecule has 0 aromatic carbocycles. The molecule has 3 heterocycles. The van der Waals surface area contributed by atoms with Crippen LogP contribution in [0.4, 0.5) is 0 Å². The van der Waals surface area contributed by atoms with Gasteiger partial charge in [-0.1, -0.05) is 25.3 Å². The molecule has 1 aliphatic carbocycles. The maximum Gasteiger partial charge on any atom is 0.250 e. The number of rotatable bonds is 4. The smallest absolute Gasteiger partial charge is 0.250 e. The summed E-state index contributed by atoms with van der Waals surface area (Å²) in [5, 5.41) is 0. The lowest BCUT2D eigenvalue weighted by atomic mass is 9.93. The first-order valence-corrected chi connectivity index (χ1v) is 10.0. The van der Waals surface area contributed by atoms with Crippen LogP contribution >= 0.6 is 0 Å². The van der Waals surface area contributed by atoms with Crippen molar-refractivity contribution in [1.82, 2.24) is 19.3 Å². The first-order valence-electron chi connectivity index (χ1n) is 10.0. The predicted octanol–water partition coefficient (Wildman–Crippen LogP) is 1.52. The van der Waals surface area contributed by atoms with E-state index in [0.717, 1.165) is 18.6 Å². The lowest BCUT2D eigenvalue weighted by molar-refractivity contribution is -0.0104. The van der Waals surface area contributed by atoms with Crippen molar-refractivity contribution in [2.45, 2.75) is 50.7 Å². The van der Waals surface area contributed by atoms with Crippen molar-refractivity contribution in [3.8, 4) is 0 Å². The van der Waals surface area contributed by atoms with Crippen molar-refractivity contribution in [3.63, 3.8) is 0 Å². The van der Waals surface area contributed by atoms with E-state index >= 15 is 0 Å². The lowest BCUT2D eigenvalue weighted by Crippen LogP contribution is -2.63. The van der Waals surface area contributed by atoms with Crippen molar-refractivity contribution in [2.75, 3.05) is 39.3 Å². The third kappa shape index (κ3) is 3.99. The molecule has 25 heavy (non-hydrogen) atoms. The number of hydrogen-bond acceptors (Lipinski definition) is 4.